The highest BCUT2D eigenvalue weighted by Crippen LogP contribution is 2.11. The molecule has 0 saturated heterocycles. The van der Waals surface area contributed by atoms with E-state index in [9.17, 15) is 0 Å². The Balaban J connectivity index is 2.71. The summed E-state index contributed by atoms with van der Waals surface area (Å²) in [6, 6.07) is 0. The van der Waals surface area contributed by atoms with Crippen molar-refractivity contribution in [3.63, 3.8) is 0 Å². The summed E-state index contributed by atoms with van der Waals surface area (Å²) in [5.41, 5.74) is 5.50. The van der Waals surface area contributed by atoms with Crippen molar-refractivity contribution in [3.8, 4) is 0 Å². The Hall–Kier alpha value is -0.860. The third-order valence-electron chi connectivity index (χ3n) is 1.25. The van der Waals surface area contributed by atoms with Gasteiger partial charge in [-0.25, -0.2) is 0 Å². The fourth-order valence-electron chi connectivity index (χ4n) is 0.606. The molecule has 46 valence electrons. The van der Waals surface area contributed by atoms with Crippen molar-refractivity contribution in [2.24, 2.45) is 5.73 Å². The molecule has 0 spiro atoms. The molecule has 3 nitrogen and oxygen atoms in total. The van der Waals surface area contributed by atoms with Gasteiger partial charge in [0.2, 0.25) is 0 Å². The third kappa shape index (κ3) is 0.598. The summed E-state index contributed by atoms with van der Waals surface area (Å²) in [5.74, 6) is 1.57. The van der Waals surface area contributed by atoms with Crippen LogP contribution in [-0.2, 0) is 4.74 Å². The van der Waals surface area contributed by atoms with E-state index in [0.717, 1.165) is 11.6 Å². The third-order valence-corrected chi connectivity index (χ3v) is 1.25. The summed E-state index contributed by atoms with van der Waals surface area (Å²) in [6.07, 6.45) is 0. The molecule has 0 amide bonds. The Kier molecular flexibility index (Phi) is 1.04. The number of nitrogens with zero attached hydrogens (tertiary/aromatic N) is 1. The molecule has 0 aromatic carbocycles. The molecule has 0 unspecified atom stereocenters. The topological polar surface area (TPSA) is 38.5 Å². The van der Waals surface area contributed by atoms with Crippen LogP contribution in [0.3, 0.4) is 0 Å². The van der Waals surface area contributed by atoms with E-state index < -0.39 is 0 Å². The molecule has 0 saturated carbocycles. The molecule has 8 heavy (non-hydrogen) atoms. The summed E-state index contributed by atoms with van der Waals surface area (Å²) in [6.45, 7) is 2.45. The number of ether oxygens (including phenoxy) is 1. The van der Waals surface area contributed by atoms with Crippen molar-refractivity contribution in [1.82, 2.24) is 4.90 Å². The zero-order valence-electron chi connectivity index (χ0n) is 5.14. The molecule has 0 bridgehead atoms. The van der Waals surface area contributed by atoms with Gasteiger partial charge in [0.25, 0.3) is 0 Å². The van der Waals surface area contributed by atoms with E-state index in [1.807, 2.05) is 18.9 Å². The predicted molar refractivity (Wildman–Crippen MR) is 30.6 cm³/mol. The van der Waals surface area contributed by atoms with Crippen LogP contribution in [0.4, 0.5) is 0 Å². The first-order valence-corrected chi connectivity index (χ1v) is 2.52. The van der Waals surface area contributed by atoms with Gasteiger partial charge in [0.1, 0.15) is 11.6 Å². The summed E-state index contributed by atoms with van der Waals surface area (Å²) in [7, 11) is 1.89. The molecule has 1 heterocycles. The van der Waals surface area contributed by atoms with Crippen molar-refractivity contribution >= 4 is 0 Å². The summed E-state index contributed by atoms with van der Waals surface area (Å²) < 4.78 is 5.06. The highest BCUT2D eigenvalue weighted by Gasteiger charge is 2.12. The van der Waals surface area contributed by atoms with E-state index in [-0.39, 0.29) is 0 Å². The predicted octanol–water partition coefficient (Wildman–Crippen LogP) is 0.0536. The zero-order valence-corrected chi connectivity index (χ0v) is 5.14. The van der Waals surface area contributed by atoms with Crippen LogP contribution in [0.1, 0.15) is 6.92 Å². The molecule has 0 atom stereocenters. The standard InChI is InChI=1S/C5H10N2O/c1-4-5(6)7(2)3-8-4/h3,6H2,1-2H3. The molecule has 2 N–H and O–H groups in total. The van der Waals surface area contributed by atoms with E-state index in [1.54, 1.807) is 0 Å². The van der Waals surface area contributed by atoms with Crippen molar-refractivity contribution in [3.05, 3.63) is 11.6 Å². The Morgan fingerprint density at radius 3 is 2.50 bits per heavy atom. The van der Waals surface area contributed by atoms with Crippen molar-refractivity contribution in [2.45, 2.75) is 6.92 Å². The van der Waals surface area contributed by atoms with Crippen LogP contribution in [0.25, 0.3) is 0 Å². The number of hydrogen-bond donors (Lipinski definition) is 1. The van der Waals surface area contributed by atoms with E-state index in [4.69, 9.17) is 10.5 Å². The van der Waals surface area contributed by atoms with Gasteiger partial charge in [0, 0.05) is 7.05 Å². The van der Waals surface area contributed by atoms with Gasteiger partial charge in [-0.05, 0) is 6.92 Å². The first-order valence-electron chi connectivity index (χ1n) is 2.52. The summed E-state index contributed by atoms with van der Waals surface area (Å²) in [4.78, 5) is 1.86. The maximum Gasteiger partial charge on any atom is 0.162 e. The van der Waals surface area contributed by atoms with Crippen LogP contribution in [0.2, 0.25) is 0 Å². The minimum atomic E-state index is 0.595. The van der Waals surface area contributed by atoms with Gasteiger partial charge >= 0.3 is 0 Å². The fraction of sp³-hybridized carbons (Fsp3) is 0.600. The van der Waals surface area contributed by atoms with Crippen molar-refractivity contribution < 1.29 is 4.74 Å². The first-order chi connectivity index (χ1) is 3.72. The van der Waals surface area contributed by atoms with Gasteiger partial charge in [-0.1, -0.05) is 0 Å². The highest BCUT2D eigenvalue weighted by molar-refractivity contribution is 5.03. The lowest BCUT2D eigenvalue weighted by Gasteiger charge is -2.06. The van der Waals surface area contributed by atoms with Crippen molar-refractivity contribution in [2.75, 3.05) is 13.8 Å². The minimum Gasteiger partial charge on any atom is -0.474 e. The van der Waals surface area contributed by atoms with Gasteiger partial charge in [0.15, 0.2) is 6.73 Å². The fourth-order valence-corrected chi connectivity index (χ4v) is 0.606. The van der Waals surface area contributed by atoms with Gasteiger partial charge in [-0.2, -0.15) is 0 Å². The van der Waals surface area contributed by atoms with E-state index in [2.05, 4.69) is 0 Å². The molecule has 1 rings (SSSR count). The molecule has 1 aliphatic rings. The maximum atomic E-state index is 5.50. The van der Waals surface area contributed by atoms with Crippen molar-refractivity contribution in [1.29, 1.82) is 0 Å². The highest BCUT2D eigenvalue weighted by atomic mass is 16.5. The van der Waals surface area contributed by atoms with Crippen LogP contribution in [0.5, 0.6) is 0 Å². The largest absolute Gasteiger partial charge is 0.474 e. The molecular weight excluding hydrogens is 104 g/mol. The van der Waals surface area contributed by atoms with Crippen LogP contribution in [0.15, 0.2) is 11.6 Å². The molecule has 0 aliphatic carbocycles. The Morgan fingerprint density at radius 2 is 2.38 bits per heavy atom. The van der Waals surface area contributed by atoms with E-state index >= 15 is 0 Å². The minimum absolute atomic E-state index is 0.595. The quantitative estimate of drug-likeness (QED) is 0.483. The van der Waals surface area contributed by atoms with Gasteiger partial charge in [0.05, 0.1) is 0 Å². The zero-order chi connectivity index (χ0) is 6.15. The average molecular weight is 114 g/mol. The monoisotopic (exact) mass is 114 g/mol. The van der Waals surface area contributed by atoms with E-state index in [0.29, 0.717) is 6.73 Å². The van der Waals surface area contributed by atoms with Crippen LogP contribution in [-0.4, -0.2) is 18.7 Å². The maximum absolute atomic E-state index is 5.50. The number of rotatable bonds is 0. The number of nitrogens with two attached hydrogens (primary N) is 1. The Bertz CT molecular complexity index is 130. The Labute approximate surface area is 48.7 Å². The summed E-state index contributed by atoms with van der Waals surface area (Å²) in [5, 5.41) is 0. The van der Waals surface area contributed by atoms with Gasteiger partial charge in [-0.15, -0.1) is 0 Å². The van der Waals surface area contributed by atoms with Gasteiger partial charge < -0.3 is 15.4 Å². The molecular formula is C5H10N2O. The molecule has 3 heteroatoms. The lowest BCUT2D eigenvalue weighted by Crippen LogP contribution is -2.19. The second-order valence-corrected chi connectivity index (χ2v) is 1.91. The van der Waals surface area contributed by atoms with Gasteiger partial charge in [-0.3, -0.25) is 0 Å². The lowest BCUT2D eigenvalue weighted by atomic mass is 10.5. The SMILES string of the molecule is CC1=C(N)N(C)CO1. The molecule has 0 radical (unpaired) electrons. The molecule has 1 aliphatic heterocycles. The molecule has 0 aromatic heterocycles. The van der Waals surface area contributed by atoms with Crippen LogP contribution >= 0.6 is 0 Å². The van der Waals surface area contributed by atoms with Crippen LogP contribution < -0.4 is 5.73 Å². The Morgan fingerprint density at radius 1 is 1.75 bits per heavy atom. The summed E-state index contributed by atoms with van der Waals surface area (Å²) >= 11 is 0. The second kappa shape index (κ2) is 1.58. The van der Waals surface area contributed by atoms with Crippen LogP contribution in [0, 0.1) is 0 Å². The normalized spacial score (nSPS) is 19.5. The smallest absolute Gasteiger partial charge is 0.162 e. The lowest BCUT2D eigenvalue weighted by molar-refractivity contribution is 0.168. The molecule has 0 fully saturated rings. The average Bonchev–Trinajstić information content (AvgIpc) is 1.98. The van der Waals surface area contributed by atoms with E-state index in [1.165, 1.54) is 0 Å². The molecule has 0 aromatic rings. The number of hydrogen-bond acceptors (Lipinski definition) is 3. The first kappa shape index (κ1) is 5.28. The second-order valence-electron chi connectivity index (χ2n) is 1.91. The number of allylic oxidation sites excluding steroid dienone is 1.